The third-order valence-electron chi connectivity index (χ3n) is 2.68. The molecule has 1 rings (SSSR count). The maximum absolute atomic E-state index is 11.7. The van der Waals surface area contributed by atoms with E-state index in [2.05, 4.69) is 5.32 Å². The highest BCUT2D eigenvalue weighted by Crippen LogP contribution is 2.14. The first-order valence-electron chi connectivity index (χ1n) is 6.54. The van der Waals surface area contributed by atoms with Crippen molar-refractivity contribution >= 4 is 27.4 Å². The van der Waals surface area contributed by atoms with Gasteiger partial charge in [0.1, 0.15) is 0 Å². The van der Waals surface area contributed by atoms with Gasteiger partial charge in [0.2, 0.25) is 5.91 Å². The molecule has 1 aromatic rings. The third-order valence-corrected chi connectivity index (χ3v) is 3.54. The summed E-state index contributed by atoms with van der Waals surface area (Å²) >= 11 is 0. The SMILES string of the molecule is CS(=O)(=O)Cc1cccc(NC(=O)CCCCC(=O)O)c1. The lowest BCUT2D eigenvalue weighted by Gasteiger charge is -2.07. The van der Waals surface area contributed by atoms with Crippen LogP contribution in [0.3, 0.4) is 0 Å². The standard InChI is InChI=1S/C14H19NO5S/c1-21(19,20)10-11-5-4-6-12(9-11)15-13(16)7-2-3-8-14(17)18/h4-6,9H,2-3,7-8,10H2,1H3,(H,15,16)(H,17,18). The average Bonchev–Trinajstić information content (AvgIpc) is 2.32. The minimum absolute atomic E-state index is 0.0527. The zero-order chi connectivity index (χ0) is 15.9. The lowest BCUT2D eigenvalue weighted by molar-refractivity contribution is -0.137. The summed E-state index contributed by atoms with van der Waals surface area (Å²) in [6, 6.07) is 6.67. The topological polar surface area (TPSA) is 101 Å². The molecule has 0 atom stereocenters. The van der Waals surface area contributed by atoms with Crippen molar-refractivity contribution in [3.63, 3.8) is 0 Å². The molecule has 0 unspecified atom stereocenters. The molecule has 6 nitrogen and oxygen atoms in total. The monoisotopic (exact) mass is 313 g/mol. The van der Waals surface area contributed by atoms with Crippen molar-refractivity contribution in [3.05, 3.63) is 29.8 Å². The van der Waals surface area contributed by atoms with Crippen LogP contribution in [0.4, 0.5) is 5.69 Å². The van der Waals surface area contributed by atoms with Crippen molar-refractivity contribution in [2.24, 2.45) is 0 Å². The van der Waals surface area contributed by atoms with Crippen LogP contribution in [-0.2, 0) is 25.2 Å². The molecule has 1 amide bonds. The number of carboxylic acids is 1. The highest BCUT2D eigenvalue weighted by atomic mass is 32.2. The van der Waals surface area contributed by atoms with Crippen molar-refractivity contribution in [2.45, 2.75) is 31.4 Å². The Bertz CT molecular complexity index is 610. The van der Waals surface area contributed by atoms with Gasteiger partial charge in [0.05, 0.1) is 5.75 Å². The molecule has 0 fully saturated rings. The van der Waals surface area contributed by atoms with Crippen LogP contribution in [-0.4, -0.2) is 31.7 Å². The van der Waals surface area contributed by atoms with E-state index in [1.165, 1.54) is 0 Å². The van der Waals surface area contributed by atoms with E-state index >= 15 is 0 Å². The van der Waals surface area contributed by atoms with E-state index in [1.807, 2.05) is 0 Å². The molecule has 0 aliphatic heterocycles. The largest absolute Gasteiger partial charge is 0.481 e. The van der Waals surface area contributed by atoms with Crippen LogP contribution in [0.25, 0.3) is 0 Å². The summed E-state index contributed by atoms with van der Waals surface area (Å²) in [5.41, 5.74) is 1.15. The zero-order valence-electron chi connectivity index (χ0n) is 11.8. The number of rotatable bonds is 8. The summed E-state index contributed by atoms with van der Waals surface area (Å²) in [5, 5.41) is 11.2. The fourth-order valence-corrected chi connectivity index (χ4v) is 2.61. The van der Waals surface area contributed by atoms with Crippen LogP contribution >= 0.6 is 0 Å². The first kappa shape index (κ1) is 17.2. The van der Waals surface area contributed by atoms with E-state index in [9.17, 15) is 18.0 Å². The van der Waals surface area contributed by atoms with Gasteiger partial charge in [-0.15, -0.1) is 0 Å². The number of carbonyl (C=O) groups is 2. The van der Waals surface area contributed by atoms with Gasteiger partial charge in [-0.05, 0) is 30.5 Å². The third kappa shape index (κ3) is 8.09. The molecule has 116 valence electrons. The Hall–Kier alpha value is -1.89. The van der Waals surface area contributed by atoms with E-state index < -0.39 is 15.8 Å². The molecule has 0 radical (unpaired) electrons. The second kappa shape index (κ2) is 7.78. The fourth-order valence-electron chi connectivity index (χ4n) is 1.83. The number of sulfone groups is 1. The Balaban J connectivity index is 2.49. The molecular formula is C14H19NO5S. The molecule has 0 spiro atoms. The van der Waals surface area contributed by atoms with Gasteiger partial charge >= 0.3 is 5.97 Å². The Kier molecular flexibility index (Phi) is 6.36. The number of nitrogens with one attached hydrogen (secondary N) is 1. The van der Waals surface area contributed by atoms with Gasteiger partial charge in [0.15, 0.2) is 9.84 Å². The van der Waals surface area contributed by atoms with Crippen LogP contribution in [0, 0.1) is 0 Å². The van der Waals surface area contributed by atoms with Gasteiger partial charge in [0.25, 0.3) is 0 Å². The first-order valence-corrected chi connectivity index (χ1v) is 8.60. The molecule has 0 aliphatic carbocycles. The quantitative estimate of drug-likeness (QED) is 0.713. The number of anilines is 1. The molecule has 2 N–H and O–H groups in total. The molecule has 1 aromatic carbocycles. The van der Waals surface area contributed by atoms with Crippen molar-refractivity contribution in [3.8, 4) is 0 Å². The van der Waals surface area contributed by atoms with E-state index in [0.29, 0.717) is 24.1 Å². The van der Waals surface area contributed by atoms with Crippen molar-refractivity contribution in [1.82, 2.24) is 0 Å². The predicted octanol–water partition coefficient (Wildman–Crippen LogP) is 1.81. The summed E-state index contributed by atoms with van der Waals surface area (Å²) in [7, 11) is -3.12. The van der Waals surface area contributed by atoms with E-state index in [1.54, 1.807) is 24.3 Å². The highest BCUT2D eigenvalue weighted by molar-refractivity contribution is 7.89. The number of amides is 1. The minimum Gasteiger partial charge on any atom is -0.481 e. The first-order chi connectivity index (χ1) is 9.76. The number of unbranched alkanes of at least 4 members (excludes halogenated alkanes) is 1. The molecular weight excluding hydrogens is 294 g/mol. The molecule has 0 bridgehead atoms. The van der Waals surface area contributed by atoms with E-state index in [4.69, 9.17) is 5.11 Å². The normalized spacial score (nSPS) is 11.1. The van der Waals surface area contributed by atoms with Gasteiger partial charge in [-0.25, -0.2) is 8.42 Å². The summed E-state index contributed by atoms with van der Waals surface area (Å²) < 4.78 is 22.5. The highest BCUT2D eigenvalue weighted by Gasteiger charge is 2.07. The van der Waals surface area contributed by atoms with Gasteiger partial charge < -0.3 is 10.4 Å². The smallest absolute Gasteiger partial charge is 0.303 e. The van der Waals surface area contributed by atoms with Crippen LogP contribution in [0.5, 0.6) is 0 Å². The number of carboxylic acid groups (broad SMARTS) is 1. The number of benzene rings is 1. The van der Waals surface area contributed by atoms with Gasteiger partial charge in [-0.2, -0.15) is 0 Å². The second-order valence-corrected chi connectivity index (χ2v) is 7.06. The lowest BCUT2D eigenvalue weighted by atomic mass is 10.2. The van der Waals surface area contributed by atoms with Gasteiger partial charge in [0, 0.05) is 24.8 Å². The summed E-state index contributed by atoms with van der Waals surface area (Å²) in [6.45, 7) is 0. The molecule has 0 saturated carbocycles. The minimum atomic E-state index is -3.12. The second-order valence-electron chi connectivity index (χ2n) is 4.92. The Morgan fingerprint density at radius 3 is 2.48 bits per heavy atom. The van der Waals surface area contributed by atoms with Gasteiger partial charge in [-0.1, -0.05) is 12.1 Å². The number of aliphatic carboxylic acids is 1. The summed E-state index contributed by atoms with van der Waals surface area (Å²) in [4.78, 5) is 22.0. The van der Waals surface area contributed by atoms with E-state index in [-0.39, 0.29) is 24.5 Å². The van der Waals surface area contributed by atoms with Crippen LogP contribution in [0.15, 0.2) is 24.3 Å². The fraction of sp³-hybridized carbons (Fsp3) is 0.429. The lowest BCUT2D eigenvalue weighted by Crippen LogP contribution is -2.11. The maximum atomic E-state index is 11.7. The van der Waals surface area contributed by atoms with Crippen LogP contribution < -0.4 is 5.32 Å². The zero-order valence-corrected chi connectivity index (χ0v) is 12.6. The van der Waals surface area contributed by atoms with Crippen LogP contribution in [0.1, 0.15) is 31.2 Å². The molecule has 0 saturated heterocycles. The molecule has 7 heteroatoms. The van der Waals surface area contributed by atoms with Crippen molar-refractivity contribution in [1.29, 1.82) is 0 Å². The number of hydrogen-bond acceptors (Lipinski definition) is 4. The summed E-state index contributed by atoms with van der Waals surface area (Å²) in [6.07, 6.45) is 2.40. The van der Waals surface area contributed by atoms with Crippen molar-refractivity contribution in [2.75, 3.05) is 11.6 Å². The molecule has 0 heterocycles. The van der Waals surface area contributed by atoms with Crippen molar-refractivity contribution < 1.29 is 23.1 Å². The Morgan fingerprint density at radius 2 is 1.86 bits per heavy atom. The van der Waals surface area contributed by atoms with E-state index in [0.717, 1.165) is 6.26 Å². The predicted molar refractivity (Wildman–Crippen MR) is 79.7 cm³/mol. The molecule has 0 aromatic heterocycles. The average molecular weight is 313 g/mol. The number of carbonyl (C=O) groups excluding carboxylic acids is 1. The Morgan fingerprint density at radius 1 is 1.19 bits per heavy atom. The van der Waals surface area contributed by atoms with Gasteiger partial charge in [-0.3, -0.25) is 9.59 Å². The maximum Gasteiger partial charge on any atom is 0.303 e. The summed E-state index contributed by atoms with van der Waals surface area (Å²) in [5.74, 6) is -1.16. The number of hydrogen-bond donors (Lipinski definition) is 2. The molecule has 0 aliphatic rings. The Labute approximate surface area is 124 Å². The molecule has 21 heavy (non-hydrogen) atoms. The van der Waals surface area contributed by atoms with Crippen LogP contribution in [0.2, 0.25) is 0 Å².